The molecule has 0 radical (unpaired) electrons. The van der Waals surface area contributed by atoms with Gasteiger partial charge in [-0.05, 0) is 44.4 Å². The summed E-state index contributed by atoms with van der Waals surface area (Å²) in [5.41, 5.74) is 1.58. The average Bonchev–Trinajstić information content (AvgIpc) is 3.36. The van der Waals surface area contributed by atoms with Crippen LogP contribution in [-0.2, 0) is 17.8 Å². The molecule has 2 heterocycles. The number of rotatable bonds is 8. The van der Waals surface area contributed by atoms with Gasteiger partial charge < -0.3 is 14.8 Å². The lowest BCUT2D eigenvalue weighted by atomic mass is 9.96. The minimum absolute atomic E-state index is 0.00853. The third kappa shape index (κ3) is 4.22. The molecule has 1 atom stereocenters. The first-order valence-corrected chi connectivity index (χ1v) is 9.75. The zero-order chi connectivity index (χ0) is 17.8. The van der Waals surface area contributed by atoms with Gasteiger partial charge in [0.05, 0.1) is 17.9 Å². The Morgan fingerprint density at radius 2 is 1.96 bits per heavy atom. The van der Waals surface area contributed by atoms with Crippen LogP contribution in [0.15, 0.2) is 6.33 Å². The maximum Gasteiger partial charge on any atom is 0.274 e. The fourth-order valence-electron chi connectivity index (χ4n) is 3.58. The van der Waals surface area contributed by atoms with Crippen LogP contribution in [0.3, 0.4) is 0 Å². The van der Waals surface area contributed by atoms with Gasteiger partial charge in [0.1, 0.15) is 5.69 Å². The highest BCUT2D eigenvalue weighted by molar-refractivity contribution is 5.93. The quantitative estimate of drug-likeness (QED) is 0.785. The third-order valence-electron chi connectivity index (χ3n) is 5.20. The summed E-state index contributed by atoms with van der Waals surface area (Å²) >= 11 is 0. The van der Waals surface area contributed by atoms with E-state index in [2.05, 4.69) is 24.1 Å². The van der Waals surface area contributed by atoms with Crippen molar-refractivity contribution in [2.24, 2.45) is 11.8 Å². The largest absolute Gasteiger partial charge is 0.356 e. The Kier molecular flexibility index (Phi) is 5.76. The molecule has 1 saturated carbocycles. The lowest BCUT2D eigenvalue weighted by Gasteiger charge is -2.25. The molecule has 2 aliphatic rings. The van der Waals surface area contributed by atoms with E-state index in [1.165, 1.54) is 12.8 Å². The number of nitrogens with zero attached hydrogens (tertiary/aromatic N) is 3. The van der Waals surface area contributed by atoms with Crippen LogP contribution in [0.5, 0.6) is 0 Å². The molecule has 6 nitrogen and oxygen atoms in total. The zero-order valence-electron chi connectivity index (χ0n) is 15.5. The van der Waals surface area contributed by atoms with Gasteiger partial charge in [-0.3, -0.25) is 9.59 Å². The van der Waals surface area contributed by atoms with E-state index in [0.29, 0.717) is 18.2 Å². The maximum absolute atomic E-state index is 12.8. The van der Waals surface area contributed by atoms with Crippen molar-refractivity contribution >= 4 is 11.8 Å². The first kappa shape index (κ1) is 18.0. The molecule has 0 saturated heterocycles. The number of carbonyl (C=O) groups is 2. The van der Waals surface area contributed by atoms with Gasteiger partial charge in [-0.25, -0.2) is 4.98 Å². The zero-order valence-corrected chi connectivity index (χ0v) is 15.5. The van der Waals surface area contributed by atoms with Crippen molar-refractivity contribution in [1.29, 1.82) is 0 Å². The van der Waals surface area contributed by atoms with E-state index in [1.54, 1.807) is 6.33 Å². The minimum atomic E-state index is -0.00853. The molecule has 1 N–H and O–H groups in total. The summed E-state index contributed by atoms with van der Waals surface area (Å²) in [4.78, 5) is 31.5. The minimum Gasteiger partial charge on any atom is -0.356 e. The van der Waals surface area contributed by atoms with Gasteiger partial charge in [0.15, 0.2) is 0 Å². The van der Waals surface area contributed by atoms with Gasteiger partial charge in [-0.2, -0.15) is 0 Å². The van der Waals surface area contributed by atoms with Crippen LogP contribution in [0.4, 0.5) is 0 Å². The van der Waals surface area contributed by atoms with Crippen LogP contribution in [0.25, 0.3) is 0 Å². The first-order valence-electron chi connectivity index (χ1n) is 9.75. The van der Waals surface area contributed by atoms with E-state index in [1.807, 2.05) is 9.47 Å². The highest BCUT2D eigenvalue weighted by Crippen LogP contribution is 2.28. The molecule has 1 fully saturated rings. The third-order valence-corrected chi connectivity index (χ3v) is 5.20. The van der Waals surface area contributed by atoms with Gasteiger partial charge in [0.25, 0.3) is 5.91 Å². The van der Waals surface area contributed by atoms with Crippen molar-refractivity contribution < 1.29 is 9.59 Å². The van der Waals surface area contributed by atoms with E-state index < -0.39 is 0 Å². The Hall–Kier alpha value is -1.85. The van der Waals surface area contributed by atoms with E-state index >= 15 is 0 Å². The molecule has 0 aromatic carbocycles. The molecule has 6 heteroatoms. The molecule has 1 aromatic rings. The molecule has 1 unspecified atom stereocenters. The molecule has 1 aromatic heterocycles. The number of hydrogen-bond acceptors (Lipinski definition) is 3. The lowest BCUT2D eigenvalue weighted by molar-refractivity contribution is -0.126. The number of fused-ring (bicyclic) bond motifs is 1. The number of aromatic nitrogens is 2. The van der Waals surface area contributed by atoms with Gasteiger partial charge in [-0.1, -0.05) is 13.8 Å². The molecule has 1 aliphatic heterocycles. The Morgan fingerprint density at radius 1 is 1.24 bits per heavy atom. The summed E-state index contributed by atoms with van der Waals surface area (Å²) in [5.74, 6) is 0.876. The van der Waals surface area contributed by atoms with E-state index in [0.717, 1.165) is 51.0 Å². The lowest BCUT2D eigenvalue weighted by Crippen LogP contribution is -2.37. The van der Waals surface area contributed by atoms with E-state index in [-0.39, 0.29) is 17.7 Å². The topological polar surface area (TPSA) is 67.2 Å². The predicted octanol–water partition coefficient (Wildman–Crippen LogP) is 2.23. The molecule has 2 amide bonds. The van der Waals surface area contributed by atoms with Crippen LogP contribution in [0.2, 0.25) is 0 Å². The van der Waals surface area contributed by atoms with E-state index in [9.17, 15) is 9.59 Å². The van der Waals surface area contributed by atoms with Crippen molar-refractivity contribution in [1.82, 2.24) is 19.8 Å². The highest BCUT2D eigenvalue weighted by atomic mass is 16.2. The summed E-state index contributed by atoms with van der Waals surface area (Å²) in [7, 11) is 0. The summed E-state index contributed by atoms with van der Waals surface area (Å²) in [5, 5.41) is 3.08. The van der Waals surface area contributed by atoms with Crippen LogP contribution < -0.4 is 5.32 Å². The summed E-state index contributed by atoms with van der Waals surface area (Å²) in [6.07, 6.45) is 7.66. The number of amides is 2. The molecule has 1 aliphatic carbocycles. The molecular weight excluding hydrogens is 316 g/mol. The van der Waals surface area contributed by atoms with Crippen LogP contribution in [0, 0.1) is 11.8 Å². The molecule has 3 rings (SSSR count). The smallest absolute Gasteiger partial charge is 0.274 e. The summed E-state index contributed by atoms with van der Waals surface area (Å²) in [6.45, 7) is 7.16. The predicted molar refractivity (Wildman–Crippen MR) is 96.3 cm³/mol. The number of imidazole rings is 1. The number of nitrogens with one attached hydrogen (secondary N) is 1. The Balaban J connectivity index is 1.64. The summed E-state index contributed by atoms with van der Waals surface area (Å²) in [6, 6.07) is 0. The molecule has 0 bridgehead atoms. The molecular formula is C19H30N4O2. The average molecular weight is 346 g/mol. The summed E-state index contributed by atoms with van der Waals surface area (Å²) < 4.78 is 2.01. The van der Waals surface area contributed by atoms with Gasteiger partial charge in [0, 0.05) is 26.2 Å². The van der Waals surface area contributed by atoms with Gasteiger partial charge >= 0.3 is 0 Å². The van der Waals surface area contributed by atoms with E-state index in [4.69, 9.17) is 0 Å². The number of carbonyl (C=O) groups excluding carboxylic acids is 2. The highest BCUT2D eigenvalue weighted by Gasteiger charge is 2.30. The number of hydrogen-bond donors (Lipinski definition) is 1. The van der Waals surface area contributed by atoms with Crippen LogP contribution in [-0.4, -0.2) is 45.9 Å². The monoisotopic (exact) mass is 346 g/mol. The van der Waals surface area contributed by atoms with Gasteiger partial charge in [-0.15, -0.1) is 0 Å². The first-order chi connectivity index (χ1) is 12.1. The molecule has 0 spiro atoms. The second-order valence-electron chi connectivity index (χ2n) is 7.41. The maximum atomic E-state index is 12.8. The normalized spacial score (nSPS) is 19.4. The molecule has 25 heavy (non-hydrogen) atoms. The second kappa shape index (κ2) is 8.02. The van der Waals surface area contributed by atoms with Crippen LogP contribution in [0.1, 0.15) is 62.1 Å². The van der Waals surface area contributed by atoms with Crippen molar-refractivity contribution in [3.8, 4) is 0 Å². The Morgan fingerprint density at radius 3 is 2.60 bits per heavy atom. The fraction of sp³-hybridized carbons (Fsp3) is 0.737. The van der Waals surface area contributed by atoms with Crippen molar-refractivity contribution in [3.05, 3.63) is 17.7 Å². The van der Waals surface area contributed by atoms with Crippen molar-refractivity contribution in [3.63, 3.8) is 0 Å². The standard InChI is InChI=1S/C19H30N4O2/c1-3-9-22(10-4-2)19(25)17-16-8-7-15(12-23(16)13-21-17)18(24)20-11-14-5-6-14/h13-15H,3-12H2,1-2H3,(H,20,24). The second-order valence-corrected chi connectivity index (χ2v) is 7.41. The van der Waals surface area contributed by atoms with Crippen molar-refractivity contribution in [2.45, 2.75) is 58.9 Å². The van der Waals surface area contributed by atoms with Gasteiger partial charge in [0.2, 0.25) is 5.91 Å². The van der Waals surface area contributed by atoms with Crippen molar-refractivity contribution in [2.75, 3.05) is 19.6 Å². The fourth-order valence-corrected chi connectivity index (χ4v) is 3.58. The Bertz CT molecular complexity index is 615. The van der Waals surface area contributed by atoms with Crippen LogP contribution >= 0.6 is 0 Å². The molecule has 138 valence electrons. The SMILES string of the molecule is CCCN(CCC)C(=O)c1ncn2c1CCC(C(=O)NCC1CC1)C2. The Labute approximate surface area is 150 Å².